The highest BCUT2D eigenvalue weighted by molar-refractivity contribution is 5.16. The third kappa shape index (κ3) is 2.25. The second kappa shape index (κ2) is 4.14. The highest BCUT2D eigenvalue weighted by Gasteiger charge is 2.16. The Hall–Kier alpha value is -1.50. The third-order valence-electron chi connectivity index (χ3n) is 1.74. The topological polar surface area (TPSA) is 81.2 Å². The van der Waals surface area contributed by atoms with Crippen LogP contribution in [0.1, 0.15) is 5.82 Å². The molecule has 1 atom stereocenters. The molecule has 0 amide bonds. The Kier molecular flexibility index (Phi) is 3.13. The normalized spacial score (nSPS) is 12.8. The molecule has 78 valence electrons. The van der Waals surface area contributed by atoms with E-state index in [2.05, 4.69) is 4.98 Å². The molecule has 0 bridgehead atoms. The zero-order chi connectivity index (χ0) is 10.7. The van der Waals surface area contributed by atoms with Crippen LogP contribution in [-0.2, 0) is 6.54 Å². The van der Waals surface area contributed by atoms with Gasteiger partial charge in [0.2, 0.25) is 5.82 Å². The van der Waals surface area contributed by atoms with Crippen molar-refractivity contribution >= 4 is 5.82 Å². The van der Waals surface area contributed by atoms with Crippen molar-refractivity contribution in [3.63, 3.8) is 0 Å². The maximum Gasteiger partial charge on any atom is 0.381 e. The number of aliphatic hydroxyl groups is 1. The predicted octanol–water partition coefficient (Wildman–Crippen LogP) is 0.430. The number of rotatable bonds is 4. The van der Waals surface area contributed by atoms with Gasteiger partial charge in [0, 0.05) is 6.92 Å². The van der Waals surface area contributed by atoms with Crippen LogP contribution in [0.4, 0.5) is 10.2 Å². The molecule has 14 heavy (non-hydrogen) atoms. The van der Waals surface area contributed by atoms with Crippen LogP contribution in [0.3, 0.4) is 0 Å². The molecule has 1 heterocycles. The zero-order valence-corrected chi connectivity index (χ0v) is 7.55. The van der Waals surface area contributed by atoms with E-state index in [4.69, 9.17) is 5.11 Å². The first-order valence-corrected chi connectivity index (χ1v) is 3.96. The molecule has 1 N–H and O–H groups in total. The van der Waals surface area contributed by atoms with Gasteiger partial charge < -0.3 is 19.8 Å². The van der Waals surface area contributed by atoms with E-state index < -0.39 is 17.7 Å². The van der Waals surface area contributed by atoms with Crippen LogP contribution in [0.15, 0.2) is 6.20 Å². The van der Waals surface area contributed by atoms with Crippen molar-refractivity contribution in [3.8, 4) is 0 Å². The lowest BCUT2D eigenvalue weighted by molar-refractivity contribution is -0.389. The lowest BCUT2D eigenvalue weighted by Crippen LogP contribution is -2.18. The van der Waals surface area contributed by atoms with Crippen molar-refractivity contribution in [2.24, 2.45) is 0 Å². The van der Waals surface area contributed by atoms with Gasteiger partial charge >= 0.3 is 5.82 Å². The van der Waals surface area contributed by atoms with Crippen molar-refractivity contribution < 1.29 is 14.4 Å². The minimum atomic E-state index is -1.15. The average Bonchev–Trinajstić information content (AvgIpc) is 2.48. The molecule has 1 aromatic rings. The predicted molar refractivity (Wildman–Crippen MR) is 45.6 cm³/mol. The van der Waals surface area contributed by atoms with Crippen molar-refractivity contribution in [1.82, 2.24) is 9.55 Å². The molecule has 0 aliphatic rings. The van der Waals surface area contributed by atoms with Crippen molar-refractivity contribution in [1.29, 1.82) is 0 Å². The number of aryl methyl sites for hydroxylation is 1. The van der Waals surface area contributed by atoms with Crippen molar-refractivity contribution in [2.75, 3.05) is 6.67 Å². The molecule has 0 saturated carbocycles. The van der Waals surface area contributed by atoms with Gasteiger partial charge in [-0.15, -0.1) is 0 Å². The molecule has 1 rings (SSSR count). The fourth-order valence-electron chi connectivity index (χ4n) is 1.04. The summed E-state index contributed by atoms with van der Waals surface area (Å²) in [5.41, 5.74) is 0. The number of hydrogen-bond donors (Lipinski definition) is 1. The Bertz CT molecular complexity index is 339. The largest absolute Gasteiger partial charge is 0.389 e. The van der Waals surface area contributed by atoms with Crippen LogP contribution in [-0.4, -0.2) is 32.4 Å². The summed E-state index contributed by atoms with van der Waals surface area (Å²) in [7, 11) is 0. The lowest BCUT2D eigenvalue weighted by atomic mass is 10.4. The minimum absolute atomic E-state index is 0.0246. The van der Waals surface area contributed by atoms with E-state index in [1.807, 2.05) is 0 Å². The van der Waals surface area contributed by atoms with Gasteiger partial charge in [-0.25, -0.2) is 4.39 Å². The fourth-order valence-corrected chi connectivity index (χ4v) is 1.04. The first kappa shape index (κ1) is 10.6. The zero-order valence-electron chi connectivity index (χ0n) is 7.55. The Morgan fingerprint density at radius 1 is 1.86 bits per heavy atom. The molecule has 1 aromatic heterocycles. The summed E-state index contributed by atoms with van der Waals surface area (Å²) in [6.45, 7) is 0.645. The molecule has 1 unspecified atom stereocenters. The Morgan fingerprint density at radius 3 is 2.93 bits per heavy atom. The first-order valence-electron chi connectivity index (χ1n) is 3.96. The third-order valence-corrected chi connectivity index (χ3v) is 1.74. The monoisotopic (exact) mass is 203 g/mol. The summed E-state index contributed by atoms with van der Waals surface area (Å²) >= 11 is 0. The van der Waals surface area contributed by atoms with E-state index in [0.29, 0.717) is 5.82 Å². The molecule has 0 aromatic carbocycles. The summed E-state index contributed by atoms with van der Waals surface area (Å²) in [6, 6.07) is 0. The standard InChI is InChI=1S/C7H10FN3O3/c1-5-9-7(11(13)14)4-10(5)3-6(12)2-8/h4,6,12H,2-3H2,1H3. The summed E-state index contributed by atoms with van der Waals surface area (Å²) in [4.78, 5) is 13.3. The van der Waals surface area contributed by atoms with E-state index in [1.165, 1.54) is 10.8 Å². The second-order valence-electron chi connectivity index (χ2n) is 2.86. The van der Waals surface area contributed by atoms with E-state index in [0.717, 1.165) is 0 Å². The number of hydrogen-bond acceptors (Lipinski definition) is 4. The minimum Gasteiger partial charge on any atom is -0.389 e. The maximum absolute atomic E-state index is 12.0. The van der Waals surface area contributed by atoms with Gasteiger partial charge in [-0.1, -0.05) is 0 Å². The highest BCUT2D eigenvalue weighted by Crippen LogP contribution is 2.10. The van der Waals surface area contributed by atoms with Crippen molar-refractivity contribution in [2.45, 2.75) is 19.6 Å². The van der Waals surface area contributed by atoms with Crippen molar-refractivity contribution in [3.05, 3.63) is 22.1 Å². The number of nitrogens with zero attached hydrogens (tertiary/aromatic N) is 3. The molecule has 0 spiro atoms. The SMILES string of the molecule is Cc1nc([N+](=O)[O-])cn1CC(O)CF. The smallest absolute Gasteiger partial charge is 0.381 e. The Balaban J connectivity index is 2.82. The first-order chi connectivity index (χ1) is 6.54. The van der Waals surface area contributed by atoms with Gasteiger partial charge in [-0.05, 0) is 9.91 Å². The molecule has 0 aliphatic heterocycles. The molecule has 0 aliphatic carbocycles. The molecule has 6 nitrogen and oxygen atoms in total. The van der Waals surface area contributed by atoms with Gasteiger partial charge in [0.25, 0.3) is 0 Å². The van der Waals surface area contributed by atoms with Crippen LogP contribution in [0.25, 0.3) is 0 Å². The molecule has 7 heteroatoms. The van der Waals surface area contributed by atoms with Crippen LogP contribution in [0.2, 0.25) is 0 Å². The summed E-state index contributed by atoms with van der Waals surface area (Å²) in [5, 5.41) is 19.3. The van der Waals surface area contributed by atoms with Crippen LogP contribution in [0, 0.1) is 17.0 Å². The van der Waals surface area contributed by atoms with E-state index in [1.54, 1.807) is 6.92 Å². The Morgan fingerprint density at radius 2 is 2.50 bits per heavy atom. The summed E-state index contributed by atoms with van der Waals surface area (Å²) in [5.74, 6) is 0.0813. The second-order valence-corrected chi connectivity index (χ2v) is 2.86. The van der Waals surface area contributed by atoms with Gasteiger partial charge in [0.15, 0.2) is 0 Å². The van der Waals surface area contributed by atoms with Gasteiger partial charge in [-0.2, -0.15) is 0 Å². The van der Waals surface area contributed by atoms with E-state index in [-0.39, 0.29) is 12.4 Å². The molecular weight excluding hydrogens is 193 g/mol. The molecular formula is C7H10FN3O3. The quantitative estimate of drug-likeness (QED) is 0.568. The van der Waals surface area contributed by atoms with Gasteiger partial charge in [0.05, 0.1) is 6.54 Å². The van der Waals surface area contributed by atoms with Gasteiger partial charge in [-0.3, -0.25) is 0 Å². The number of alkyl halides is 1. The number of nitro groups is 1. The number of aromatic nitrogens is 2. The molecule has 0 fully saturated rings. The fraction of sp³-hybridized carbons (Fsp3) is 0.571. The lowest BCUT2D eigenvalue weighted by Gasteiger charge is -2.05. The highest BCUT2D eigenvalue weighted by atomic mass is 19.1. The molecule has 0 saturated heterocycles. The molecule has 0 radical (unpaired) electrons. The van der Waals surface area contributed by atoms with E-state index in [9.17, 15) is 14.5 Å². The van der Waals surface area contributed by atoms with Gasteiger partial charge in [0.1, 0.15) is 19.0 Å². The number of halogens is 1. The maximum atomic E-state index is 12.0. The number of imidazole rings is 1. The van der Waals surface area contributed by atoms with Crippen LogP contribution in [0.5, 0.6) is 0 Å². The average molecular weight is 203 g/mol. The summed E-state index contributed by atoms with van der Waals surface area (Å²) < 4.78 is 13.3. The Labute approximate surface area is 79.1 Å². The van der Waals surface area contributed by atoms with Crippen LogP contribution >= 0.6 is 0 Å². The summed E-state index contributed by atoms with van der Waals surface area (Å²) in [6.07, 6.45) is 0.0244. The van der Waals surface area contributed by atoms with E-state index >= 15 is 0 Å². The van der Waals surface area contributed by atoms with Crippen LogP contribution < -0.4 is 0 Å². The number of aliphatic hydroxyl groups excluding tert-OH is 1.